The van der Waals surface area contributed by atoms with Crippen LogP contribution in [0.25, 0.3) is 0 Å². The van der Waals surface area contributed by atoms with E-state index in [4.69, 9.17) is 4.74 Å². The van der Waals surface area contributed by atoms with Gasteiger partial charge in [-0.05, 0) is 23.8 Å². The second kappa shape index (κ2) is 6.38. The molecule has 0 aliphatic carbocycles. The van der Waals surface area contributed by atoms with Gasteiger partial charge in [0, 0.05) is 11.3 Å². The Balaban J connectivity index is 2.32. The van der Waals surface area contributed by atoms with E-state index in [-0.39, 0.29) is 0 Å². The number of benzene rings is 1. The maximum Gasteiger partial charge on any atom is 0.340 e. The Kier molecular flexibility index (Phi) is 4.58. The summed E-state index contributed by atoms with van der Waals surface area (Å²) in [6.07, 6.45) is 0.752. The van der Waals surface area contributed by atoms with E-state index in [2.05, 4.69) is 22.4 Å². The van der Waals surface area contributed by atoms with Gasteiger partial charge in [0.25, 0.3) is 0 Å². The van der Waals surface area contributed by atoms with Gasteiger partial charge in [-0.15, -0.1) is 11.3 Å². The first-order valence-corrected chi connectivity index (χ1v) is 6.80. The number of methoxy groups -OCH3 is 1. The average molecular weight is 289 g/mol. The fraction of sp³-hybridized carbons (Fsp3) is 0.143. The van der Waals surface area contributed by atoms with Crippen molar-refractivity contribution >= 4 is 39.7 Å². The summed E-state index contributed by atoms with van der Waals surface area (Å²) in [5, 5.41) is 2.84. The zero-order valence-corrected chi connectivity index (χ0v) is 11.9. The molecule has 96 valence electrons. The first-order valence-electron chi connectivity index (χ1n) is 5.57. The third-order valence-corrected chi connectivity index (χ3v) is 3.66. The Morgan fingerprint density at radius 3 is 2.79 bits per heavy atom. The molecule has 0 amide bonds. The van der Waals surface area contributed by atoms with Crippen molar-refractivity contribution in [2.45, 2.75) is 6.42 Å². The van der Waals surface area contributed by atoms with Crippen LogP contribution in [0.2, 0.25) is 0 Å². The van der Waals surface area contributed by atoms with E-state index < -0.39 is 5.97 Å². The van der Waals surface area contributed by atoms with Crippen LogP contribution in [0.3, 0.4) is 0 Å². The van der Waals surface area contributed by atoms with Crippen LogP contribution in [-0.4, -0.2) is 18.2 Å². The van der Waals surface area contributed by atoms with Crippen molar-refractivity contribution in [3.05, 3.63) is 52.4 Å². The average Bonchev–Trinajstić information content (AvgIpc) is 2.82. The summed E-state index contributed by atoms with van der Waals surface area (Å²) in [5.74, 6) is -0.403. The number of carbonyl (C=O) groups excluding carboxylic acids is 1. The molecular formula is C14H11NO2S2. The Morgan fingerprint density at radius 1 is 1.42 bits per heavy atom. The summed E-state index contributed by atoms with van der Waals surface area (Å²) in [6.45, 7) is 0. The SMILES string of the molecule is COC(=O)c1cc(Cc2ccccc2)sc1N=C=S. The van der Waals surface area contributed by atoms with E-state index in [1.807, 2.05) is 30.3 Å². The standard InChI is InChI=1S/C14H11NO2S2/c1-17-14(16)12-8-11(19-13(12)15-9-18)7-10-5-3-2-4-6-10/h2-6,8H,7H2,1H3. The molecule has 5 heteroatoms. The van der Waals surface area contributed by atoms with Gasteiger partial charge in [-0.2, -0.15) is 4.99 Å². The maximum atomic E-state index is 11.6. The molecule has 3 nitrogen and oxygen atoms in total. The van der Waals surface area contributed by atoms with Crippen LogP contribution < -0.4 is 0 Å². The summed E-state index contributed by atoms with van der Waals surface area (Å²) in [6, 6.07) is 11.8. The fourth-order valence-corrected chi connectivity index (χ4v) is 2.85. The minimum absolute atomic E-state index is 0.403. The second-order valence-electron chi connectivity index (χ2n) is 3.79. The van der Waals surface area contributed by atoms with Gasteiger partial charge in [-0.25, -0.2) is 4.79 Å². The molecule has 0 spiro atoms. The highest BCUT2D eigenvalue weighted by molar-refractivity contribution is 7.78. The summed E-state index contributed by atoms with van der Waals surface area (Å²) in [5.41, 5.74) is 1.62. The Hall–Kier alpha value is -1.81. The lowest BCUT2D eigenvalue weighted by Gasteiger charge is -1.96. The molecule has 2 rings (SSSR count). The number of carbonyl (C=O) groups is 1. The number of hydrogen-bond acceptors (Lipinski definition) is 5. The zero-order valence-electron chi connectivity index (χ0n) is 10.3. The number of ether oxygens (including phenoxy) is 1. The van der Waals surface area contributed by atoms with Crippen LogP contribution in [0.1, 0.15) is 20.8 Å². The molecule has 0 saturated heterocycles. The topological polar surface area (TPSA) is 38.7 Å². The summed E-state index contributed by atoms with van der Waals surface area (Å²) >= 11 is 6.02. The molecule has 19 heavy (non-hydrogen) atoms. The predicted molar refractivity (Wildman–Crippen MR) is 79.6 cm³/mol. The van der Waals surface area contributed by atoms with E-state index in [0.717, 1.165) is 11.3 Å². The van der Waals surface area contributed by atoms with Gasteiger partial charge in [0.15, 0.2) is 0 Å². The first kappa shape index (κ1) is 13.6. The molecule has 2 aromatic rings. The van der Waals surface area contributed by atoms with Gasteiger partial charge in [-0.3, -0.25) is 0 Å². The van der Waals surface area contributed by atoms with Gasteiger partial charge >= 0.3 is 5.97 Å². The second-order valence-corrected chi connectivity index (χ2v) is 5.09. The summed E-state index contributed by atoms with van der Waals surface area (Å²) < 4.78 is 4.73. The molecule has 0 bridgehead atoms. The zero-order chi connectivity index (χ0) is 13.7. The summed E-state index contributed by atoms with van der Waals surface area (Å²) in [4.78, 5) is 16.6. The molecule has 1 aromatic carbocycles. The number of isothiocyanates is 1. The lowest BCUT2D eigenvalue weighted by molar-refractivity contribution is 0.0602. The first-order chi connectivity index (χ1) is 9.24. The van der Waals surface area contributed by atoms with Gasteiger partial charge in [0.1, 0.15) is 5.00 Å². The van der Waals surface area contributed by atoms with E-state index in [1.165, 1.54) is 24.0 Å². The molecule has 1 aromatic heterocycles. The van der Waals surface area contributed by atoms with Crippen LogP contribution in [0.15, 0.2) is 41.4 Å². The van der Waals surface area contributed by atoms with E-state index in [1.54, 1.807) is 6.07 Å². The molecule has 0 radical (unpaired) electrons. The molecule has 0 aliphatic rings. The van der Waals surface area contributed by atoms with Crippen molar-refractivity contribution in [2.24, 2.45) is 4.99 Å². The van der Waals surface area contributed by atoms with Crippen molar-refractivity contribution in [1.29, 1.82) is 0 Å². The molecule has 1 heterocycles. The number of nitrogens with zero attached hydrogens (tertiary/aromatic N) is 1. The highest BCUT2D eigenvalue weighted by Gasteiger charge is 2.16. The van der Waals surface area contributed by atoms with Crippen molar-refractivity contribution in [3.63, 3.8) is 0 Å². The molecule has 0 saturated carbocycles. The Morgan fingerprint density at radius 2 is 2.16 bits per heavy atom. The van der Waals surface area contributed by atoms with E-state index in [9.17, 15) is 4.79 Å². The van der Waals surface area contributed by atoms with Crippen molar-refractivity contribution in [1.82, 2.24) is 0 Å². The van der Waals surface area contributed by atoms with Crippen molar-refractivity contribution in [3.8, 4) is 0 Å². The number of thiophene rings is 1. The summed E-state index contributed by atoms with van der Waals surface area (Å²) in [7, 11) is 1.35. The number of esters is 1. The van der Waals surface area contributed by atoms with Crippen molar-refractivity contribution < 1.29 is 9.53 Å². The van der Waals surface area contributed by atoms with Gasteiger partial charge < -0.3 is 4.74 Å². The van der Waals surface area contributed by atoms with Gasteiger partial charge in [0.05, 0.1) is 17.8 Å². The Labute approximate surface area is 120 Å². The smallest absolute Gasteiger partial charge is 0.340 e. The number of rotatable bonds is 4. The Bertz CT molecular complexity index is 628. The lowest BCUT2D eigenvalue weighted by atomic mass is 10.1. The number of aliphatic imine (C=N–C) groups is 1. The highest BCUT2D eigenvalue weighted by atomic mass is 32.1. The van der Waals surface area contributed by atoms with E-state index in [0.29, 0.717) is 10.6 Å². The molecule has 0 unspecified atom stereocenters. The quantitative estimate of drug-likeness (QED) is 0.487. The third kappa shape index (κ3) is 3.35. The molecule has 0 atom stereocenters. The van der Waals surface area contributed by atoms with E-state index >= 15 is 0 Å². The molecule has 0 N–H and O–H groups in total. The number of hydrogen-bond donors (Lipinski definition) is 0. The molecular weight excluding hydrogens is 278 g/mol. The van der Waals surface area contributed by atoms with Crippen LogP contribution in [-0.2, 0) is 11.2 Å². The molecule has 0 aliphatic heterocycles. The van der Waals surface area contributed by atoms with Crippen LogP contribution >= 0.6 is 23.6 Å². The fourth-order valence-electron chi connectivity index (χ4n) is 1.70. The normalized spacial score (nSPS) is 9.74. The number of thiocarbonyl (C=S) groups is 1. The van der Waals surface area contributed by atoms with Crippen molar-refractivity contribution in [2.75, 3.05) is 7.11 Å². The van der Waals surface area contributed by atoms with Crippen LogP contribution in [0.4, 0.5) is 5.00 Å². The molecule has 0 fully saturated rings. The predicted octanol–water partition coefficient (Wildman–Crippen LogP) is 3.86. The highest BCUT2D eigenvalue weighted by Crippen LogP contribution is 2.32. The minimum Gasteiger partial charge on any atom is -0.465 e. The monoisotopic (exact) mass is 289 g/mol. The van der Waals surface area contributed by atoms with Crippen LogP contribution in [0, 0.1) is 0 Å². The largest absolute Gasteiger partial charge is 0.465 e. The third-order valence-electron chi connectivity index (χ3n) is 2.54. The van der Waals surface area contributed by atoms with Crippen LogP contribution in [0.5, 0.6) is 0 Å². The van der Waals surface area contributed by atoms with Gasteiger partial charge in [0.2, 0.25) is 0 Å². The lowest BCUT2D eigenvalue weighted by Crippen LogP contribution is -1.99. The minimum atomic E-state index is -0.403. The maximum absolute atomic E-state index is 11.6. The van der Waals surface area contributed by atoms with Gasteiger partial charge in [-0.1, -0.05) is 30.3 Å².